The number of hydrogen-bond acceptors (Lipinski definition) is 3. The first kappa shape index (κ1) is 13.5. The Morgan fingerprint density at radius 1 is 1.28 bits per heavy atom. The highest BCUT2D eigenvalue weighted by molar-refractivity contribution is 7.89. The van der Waals surface area contributed by atoms with Crippen LogP contribution in [0.2, 0.25) is 0 Å². The van der Waals surface area contributed by atoms with Gasteiger partial charge in [0.15, 0.2) is 0 Å². The molecule has 5 heteroatoms. The average molecular weight is 269 g/mol. The summed E-state index contributed by atoms with van der Waals surface area (Å²) in [7, 11) is -1.77. The van der Waals surface area contributed by atoms with Gasteiger partial charge in [0, 0.05) is 18.6 Å². The molecule has 1 fully saturated rings. The van der Waals surface area contributed by atoms with Gasteiger partial charge in [-0.15, -0.1) is 0 Å². The first-order valence-electron chi connectivity index (χ1n) is 5.98. The number of ether oxygens (including phenoxy) is 1. The minimum Gasteiger partial charge on any atom is -0.381 e. The van der Waals surface area contributed by atoms with Crippen LogP contribution >= 0.6 is 0 Å². The summed E-state index contributed by atoms with van der Waals surface area (Å²) in [6.45, 7) is 4.03. The Bertz CT molecular complexity index is 510. The van der Waals surface area contributed by atoms with Crippen molar-refractivity contribution in [2.45, 2.75) is 37.3 Å². The SMILES string of the molecule is COC1CC(NS(=O)(=O)c2ccccc2)C1(C)C. The van der Waals surface area contributed by atoms with Gasteiger partial charge in [-0.2, -0.15) is 0 Å². The van der Waals surface area contributed by atoms with Crippen molar-refractivity contribution >= 4 is 10.0 Å². The molecule has 2 rings (SSSR count). The van der Waals surface area contributed by atoms with Crippen molar-refractivity contribution in [3.05, 3.63) is 30.3 Å². The zero-order valence-corrected chi connectivity index (χ0v) is 11.7. The van der Waals surface area contributed by atoms with Crippen molar-refractivity contribution < 1.29 is 13.2 Å². The third-order valence-electron chi connectivity index (χ3n) is 3.81. The summed E-state index contributed by atoms with van der Waals surface area (Å²) in [6.07, 6.45) is 0.830. The van der Waals surface area contributed by atoms with Crippen molar-refractivity contribution in [2.24, 2.45) is 5.41 Å². The smallest absolute Gasteiger partial charge is 0.240 e. The fourth-order valence-corrected chi connectivity index (χ4v) is 3.77. The van der Waals surface area contributed by atoms with E-state index in [2.05, 4.69) is 4.72 Å². The molecule has 1 aliphatic carbocycles. The molecule has 1 aliphatic rings. The lowest BCUT2D eigenvalue weighted by Crippen LogP contribution is -2.61. The molecule has 1 aromatic carbocycles. The van der Waals surface area contributed by atoms with Crippen LogP contribution in [0, 0.1) is 5.41 Å². The Hall–Kier alpha value is -0.910. The molecule has 100 valence electrons. The Morgan fingerprint density at radius 3 is 2.39 bits per heavy atom. The third kappa shape index (κ3) is 2.30. The maximum atomic E-state index is 12.2. The molecule has 0 aliphatic heterocycles. The second kappa shape index (κ2) is 4.64. The lowest BCUT2D eigenvalue weighted by atomic mass is 9.65. The largest absolute Gasteiger partial charge is 0.381 e. The topological polar surface area (TPSA) is 55.4 Å². The summed E-state index contributed by atoms with van der Waals surface area (Å²) in [5, 5.41) is 0. The molecule has 18 heavy (non-hydrogen) atoms. The lowest BCUT2D eigenvalue weighted by Gasteiger charge is -2.50. The second-order valence-corrected chi connectivity index (χ2v) is 6.98. The van der Waals surface area contributed by atoms with Crippen LogP contribution in [0.1, 0.15) is 20.3 Å². The Kier molecular flexibility index (Phi) is 3.49. The average Bonchev–Trinajstić information content (AvgIpc) is 2.35. The van der Waals surface area contributed by atoms with Gasteiger partial charge in [0.05, 0.1) is 11.0 Å². The molecular weight excluding hydrogens is 250 g/mol. The van der Waals surface area contributed by atoms with Crippen molar-refractivity contribution in [3.63, 3.8) is 0 Å². The summed E-state index contributed by atoms with van der Waals surface area (Å²) in [5.41, 5.74) is -0.170. The van der Waals surface area contributed by atoms with Crippen LogP contribution in [0.3, 0.4) is 0 Å². The van der Waals surface area contributed by atoms with Crippen LogP contribution in [-0.4, -0.2) is 27.7 Å². The van der Waals surface area contributed by atoms with E-state index in [9.17, 15) is 8.42 Å². The van der Waals surface area contributed by atoms with Gasteiger partial charge in [-0.05, 0) is 18.6 Å². The van der Waals surface area contributed by atoms with E-state index in [1.54, 1.807) is 37.4 Å². The molecule has 0 radical (unpaired) electrons. The molecule has 0 amide bonds. The lowest BCUT2D eigenvalue weighted by molar-refractivity contribution is -0.0908. The first-order chi connectivity index (χ1) is 8.38. The van der Waals surface area contributed by atoms with E-state index in [0.717, 1.165) is 6.42 Å². The van der Waals surface area contributed by atoms with Crippen LogP contribution < -0.4 is 4.72 Å². The molecule has 0 spiro atoms. The van der Waals surface area contributed by atoms with E-state index >= 15 is 0 Å². The number of sulfonamides is 1. The summed E-state index contributed by atoms with van der Waals surface area (Å²) in [4.78, 5) is 0.307. The van der Waals surface area contributed by atoms with Crippen LogP contribution in [0.5, 0.6) is 0 Å². The van der Waals surface area contributed by atoms with Crippen LogP contribution in [0.15, 0.2) is 35.2 Å². The molecule has 0 heterocycles. The maximum Gasteiger partial charge on any atom is 0.240 e. The number of rotatable bonds is 4. The highest BCUT2D eigenvalue weighted by Gasteiger charge is 2.50. The summed E-state index contributed by atoms with van der Waals surface area (Å²) < 4.78 is 32.4. The molecule has 1 aromatic rings. The van der Waals surface area contributed by atoms with Crippen molar-refractivity contribution in [1.29, 1.82) is 0 Å². The molecule has 4 nitrogen and oxygen atoms in total. The monoisotopic (exact) mass is 269 g/mol. The molecule has 2 unspecified atom stereocenters. The third-order valence-corrected chi connectivity index (χ3v) is 5.30. The number of nitrogens with one attached hydrogen (secondary N) is 1. The van der Waals surface area contributed by atoms with Crippen LogP contribution in [0.25, 0.3) is 0 Å². The number of benzene rings is 1. The molecular formula is C13H19NO3S. The molecule has 0 saturated heterocycles. The first-order valence-corrected chi connectivity index (χ1v) is 7.46. The van der Waals surface area contributed by atoms with Crippen LogP contribution in [0.4, 0.5) is 0 Å². The molecule has 0 aromatic heterocycles. The van der Waals surface area contributed by atoms with E-state index in [0.29, 0.717) is 4.90 Å². The van der Waals surface area contributed by atoms with Crippen molar-refractivity contribution in [3.8, 4) is 0 Å². The van der Waals surface area contributed by atoms with Crippen molar-refractivity contribution in [2.75, 3.05) is 7.11 Å². The van der Waals surface area contributed by atoms with E-state index in [-0.39, 0.29) is 17.6 Å². The normalized spacial score (nSPS) is 26.6. The number of hydrogen-bond donors (Lipinski definition) is 1. The van der Waals surface area contributed by atoms with E-state index in [4.69, 9.17) is 4.74 Å². The maximum absolute atomic E-state index is 12.2. The van der Waals surface area contributed by atoms with E-state index in [1.807, 2.05) is 13.8 Å². The minimum absolute atomic E-state index is 0.0762. The van der Waals surface area contributed by atoms with Gasteiger partial charge < -0.3 is 4.74 Å². The van der Waals surface area contributed by atoms with Gasteiger partial charge in [-0.1, -0.05) is 32.0 Å². The molecule has 1 saturated carbocycles. The highest BCUT2D eigenvalue weighted by atomic mass is 32.2. The van der Waals surface area contributed by atoms with Gasteiger partial charge in [0.25, 0.3) is 0 Å². The fourth-order valence-electron chi connectivity index (χ4n) is 2.34. The zero-order chi connectivity index (χ0) is 13.4. The fraction of sp³-hybridized carbons (Fsp3) is 0.538. The Morgan fingerprint density at radius 2 is 1.89 bits per heavy atom. The quantitative estimate of drug-likeness (QED) is 0.906. The molecule has 2 atom stereocenters. The van der Waals surface area contributed by atoms with E-state index in [1.165, 1.54) is 0 Å². The summed E-state index contributed by atoms with van der Waals surface area (Å²) >= 11 is 0. The van der Waals surface area contributed by atoms with Gasteiger partial charge in [0.2, 0.25) is 10.0 Å². The summed E-state index contributed by atoms with van der Waals surface area (Å²) in [6, 6.07) is 8.36. The zero-order valence-electron chi connectivity index (χ0n) is 10.9. The van der Waals surface area contributed by atoms with Crippen LogP contribution in [-0.2, 0) is 14.8 Å². The predicted octanol–water partition coefficient (Wildman–Crippen LogP) is 1.78. The minimum atomic E-state index is -3.43. The molecule has 1 N–H and O–H groups in total. The standard InChI is InChI=1S/C13H19NO3S/c1-13(2)11(9-12(13)17-3)14-18(15,16)10-7-5-4-6-8-10/h4-8,11-12,14H,9H2,1-3H3. The Labute approximate surface area is 108 Å². The number of methoxy groups -OCH3 is 1. The Balaban J connectivity index is 2.12. The van der Waals surface area contributed by atoms with Gasteiger partial charge >= 0.3 is 0 Å². The van der Waals surface area contributed by atoms with Gasteiger partial charge in [-0.3, -0.25) is 0 Å². The second-order valence-electron chi connectivity index (χ2n) is 5.27. The van der Waals surface area contributed by atoms with Crippen molar-refractivity contribution in [1.82, 2.24) is 4.72 Å². The van der Waals surface area contributed by atoms with Gasteiger partial charge in [-0.25, -0.2) is 13.1 Å². The summed E-state index contributed by atoms with van der Waals surface area (Å²) in [5.74, 6) is 0. The molecule has 0 bridgehead atoms. The van der Waals surface area contributed by atoms with E-state index < -0.39 is 10.0 Å². The van der Waals surface area contributed by atoms with Gasteiger partial charge in [0.1, 0.15) is 0 Å². The highest BCUT2D eigenvalue weighted by Crippen LogP contribution is 2.42. The predicted molar refractivity (Wildman–Crippen MR) is 69.7 cm³/mol.